The zero-order valence-corrected chi connectivity index (χ0v) is 8.84. The maximum atomic E-state index is 3.66. The van der Waals surface area contributed by atoms with Crippen molar-refractivity contribution in [2.45, 2.75) is 6.54 Å². The van der Waals surface area contributed by atoms with Gasteiger partial charge < -0.3 is 5.32 Å². The molecule has 0 aromatic heterocycles. The Hall–Kier alpha value is -1.09. The molecule has 0 spiro atoms. The number of hydrogen-bond acceptors (Lipinski definition) is 2. The number of hydrogen-bond donors (Lipinski definition) is 1. The monoisotopic (exact) mass is 238 g/mol. The highest BCUT2D eigenvalue weighted by atomic mass is 79.9. The summed E-state index contributed by atoms with van der Waals surface area (Å²) in [5, 5.41) is 3.03. The zero-order chi connectivity index (χ0) is 9.68. The van der Waals surface area contributed by atoms with Crippen LogP contribution in [0.1, 0.15) is 5.56 Å². The molecule has 0 unspecified atom stereocenters. The first kappa shape index (κ1) is 9.99. The van der Waals surface area contributed by atoms with Crippen LogP contribution in [0, 0.1) is 0 Å². The van der Waals surface area contributed by atoms with Crippen LogP contribution >= 0.6 is 15.9 Å². The SMILES string of the molecule is C=NC(=C)NCc1cccc(Br)c1. The van der Waals surface area contributed by atoms with Gasteiger partial charge in [0.15, 0.2) is 0 Å². The van der Waals surface area contributed by atoms with E-state index in [-0.39, 0.29) is 0 Å². The van der Waals surface area contributed by atoms with Crippen molar-refractivity contribution in [3.8, 4) is 0 Å². The summed E-state index contributed by atoms with van der Waals surface area (Å²) in [6.45, 7) is 7.75. The predicted molar refractivity (Wildman–Crippen MR) is 59.7 cm³/mol. The van der Waals surface area contributed by atoms with Gasteiger partial charge in [0, 0.05) is 11.0 Å². The third-order valence-electron chi connectivity index (χ3n) is 1.58. The second-order valence-corrected chi connectivity index (χ2v) is 3.50. The lowest BCUT2D eigenvalue weighted by Gasteiger charge is -2.04. The molecule has 0 saturated heterocycles. The number of benzene rings is 1. The molecule has 3 heteroatoms. The van der Waals surface area contributed by atoms with Crippen molar-refractivity contribution in [2.75, 3.05) is 0 Å². The minimum atomic E-state index is 0.597. The van der Waals surface area contributed by atoms with Crippen LogP contribution in [0.3, 0.4) is 0 Å². The number of rotatable bonds is 4. The number of halogens is 1. The topological polar surface area (TPSA) is 24.4 Å². The first-order chi connectivity index (χ1) is 6.22. The summed E-state index contributed by atoms with van der Waals surface area (Å²) in [6.07, 6.45) is 0. The Morgan fingerprint density at radius 2 is 2.31 bits per heavy atom. The summed E-state index contributed by atoms with van der Waals surface area (Å²) in [4.78, 5) is 3.66. The summed E-state index contributed by atoms with van der Waals surface area (Å²) in [5.74, 6) is 0.597. The highest BCUT2D eigenvalue weighted by Crippen LogP contribution is 2.11. The fourth-order valence-electron chi connectivity index (χ4n) is 0.907. The molecule has 2 nitrogen and oxygen atoms in total. The number of nitrogens with one attached hydrogen (secondary N) is 1. The van der Waals surface area contributed by atoms with Gasteiger partial charge in [-0.1, -0.05) is 34.6 Å². The molecule has 0 heterocycles. The molecule has 68 valence electrons. The van der Waals surface area contributed by atoms with Crippen molar-refractivity contribution >= 4 is 22.6 Å². The summed E-state index contributed by atoms with van der Waals surface area (Å²) in [7, 11) is 0. The fraction of sp³-hybridized carbons (Fsp3) is 0.100. The second kappa shape index (κ2) is 4.82. The highest BCUT2D eigenvalue weighted by Gasteiger charge is 1.93. The lowest BCUT2D eigenvalue weighted by Crippen LogP contribution is -2.09. The predicted octanol–water partition coefficient (Wildman–Crippen LogP) is 2.71. The van der Waals surface area contributed by atoms with Crippen LogP contribution in [0.2, 0.25) is 0 Å². The van der Waals surface area contributed by atoms with Crippen molar-refractivity contribution in [2.24, 2.45) is 4.99 Å². The van der Waals surface area contributed by atoms with E-state index >= 15 is 0 Å². The summed E-state index contributed by atoms with van der Waals surface area (Å²) in [5.41, 5.74) is 1.18. The molecule has 0 radical (unpaired) electrons. The van der Waals surface area contributed by atoms with E-state index in [0.717, 1.165) is 11.0 Å². The number of aliphatic imine (C=N–C) groups is 1. The third kappa shape index (κ3) is 3.42. The summed E-state index contributed by atoms with van der Waals surface area (Å²) < 4.78 is 1.07. The van der Waals surface area contributed by atoms with Crippen molar-refractivity contribution in [3.05, 3.63) is 46.7 Å². The molecule has 0 bridgehead atoms. The van der Waals surface area contributed by atoms with Crippen LogP contribution in [0.15, 0.2) is 46.1 Å². The molecule has 0 atom stereocenters. The van der Waals surface area contributed by atoms with Crippen molar-refractivity contribution < 1.29 is 0 Å². The normalized spacial score (nSPS) is 9.31. The van der Waals surface area contributed by atoms with Crippen molar-refractivity contribution in [1.29, 1.82) is 0 Å². The van der Waals surface area contributed by atoms with Crippen LogP contribution in [-0.2, 0) is 6.54 Å². The standard InChI is InChI=1S/C10H11BrN2/c1-8(12-2)13-7-9-4-3-5-10(11)6-9/h3-6,13H,1-2,7H2. The van der Waals surface area contributed by atoms with E-state index in [9.17, 15) is 0 Å². The largest absolute Gasteiger partial charge is 0.367 e. The molecule has 0 aliphatic carbocycles. The molecule has 1 rings (SSSR count). The molecule has 0 saturated carbocycles. The lowest BCUT2D eigenvalue weighted by molar-refractivity contribution is 0.806. The van der Waals surface area contributed by atoms with Gasteiger partial charge in [-0.3, -0.25) is 0 Å². The van der Waals surface area contributed by atoms with Gasteiger partial charge >= 0.3 is 0 Å². The second-order valence-electron chi connectivity index (χ2n) is 2.59. The van der Waals surface area contributed by atoms with E-state index in [2.05, 4.69) is 39.5 Å². The highest BCUT2D eigenvalue weighted by molar-refractivity contribution is 9.10. The Balaban J connectivity index is 2.54. The van der Waals surface area contributed by atoms with E-state index < -0.39 is 0 Å². The minimum absolute atomic E-state index is 0.597. The van der Waals surface area contributed by atoms with Gasteiger partial charge in [0.25, 0.3) is 0 Å². The van der Waals surface area contributed by atoms with Crippen LogP contribution < -0.4 is 5.32 Å². The first-order valence-corrected chi connectivity index (χ1v) is 4.65. The molecule has 13 heavy (non-hydrogen) atoms. The molecule has 0 aliphatic rings. The minimum Gasteiger partial charge on any atom is -0.367 e. The Morgan fingerprint density at radius 3 is 2.92 bits per heavy atom. The van der Waals surface area contributed by atoms with Gasteiger partial charge in [-0.2, -0.15) is 0 Å². The Bertz CT molecular complexity index is 320. The van der Waals surface area contributed by atoms with Crippen LogP contribution in [0.25, 0.3) is 0 Å². The molecule has 0 amide bonds. The van der Waals surface area contributed by atoms with E-state index in [1.807, 2.05) is 24.3 Å². The molecule has 1 N–H and O–H groups in total. The molecule has 0 aliphatic heterocycles. The van der Waals surface area contributed by atoms with E-state index in [1.165, 1.54) is 5.56 Å². The third-order valence-corrected chi connectivity index (χ3v) is 2.07. The molecule has 1 aromatic rings. The van der Waals surface area contributed by atoms with Gasteiger partial charge in [-0.25, -0.2) is 4.99 Å². The molecule has 0 fully saturated rings. The average molecular weight is 239 g/mol. The maximum Gasteiger partial charge on any atom is 0.118 e. The van der Waals surface area contributed by atoms with E-state index in [1.54, 1.807) is 0 Å². The van der Waals surface area contributed by atoms with Gasteiger partial charge in [-0.15, -0.1) is 0 Å². The smallest absolute Gasteiger partial charge is 0.118 e. The fourth-order valence-corrected chi connectivity index (χ4v) is 1.35. The zero-order valence-electron chi connectivity index (χ0n) is 7.26. The van der Waals surface area contributed by atoms with Crippen molar-refractivity contribution in [3.63, 3.8) is 0 Å². The number of nitrogens with zero attached hydrogens (tertiary/aromatic N) is 1. The quantitative estimate of drug-likeness (QED) is 0.802. The molecular formula is C10H11BrN2. The maximum absolute atomic E-state index is 3.66. The Labute approximate surface area is 86.5 Å². The van der Waals surface area contributed by atoms with Crippen LogP contribution in [-0.4, -0.2) is 6.72 Å². The van der Waals surface area contributed by atoms with Gasteiger partial charge in [-0.05, 0) is 24.4 Å². The molecule has 1 aromatic carbocycles. The van der Waals surface area contributed by atoms with Gasteiger partial charge in [0.2, 0.25) is 0 Å². The lowest BCUT2D eigenvalue weighted by atomic mass is 10.2. The van der Waals surface area contributed by atoms with Crippen LogP contribution in [0.4, 0.5) is 0 Å². The molecular weight excluding hydrogens is 228 g/mol. The van der Waals surface area contributed by atoms with E-state index in [4.69, 9.17) is 0 Å². The van der Waals surface area contributed by atoms with Gasteiger partial charge in [0.1, 0.15) is 5.82 Å². The van der Waals surface area contributed by atoms with Gasteiger partial charge in [0.05, 0.1) is 0 Å². The van der Waals surface area contributed by atoms with Crippen molar-refractivity contribution in [1.82, 2.24) is 5.32 Å². The summed E-state index contributed by atoms with van der Waals surface area (Å²) in [6, 6.07) is 8.06. The Morgan fingerprint density at radius 1 is 1.54 bits per heavy atom. The first-order valence-electron chi connectivity index (χ1n) is 3.86. The Kier molecular flexibility index (Phi) is 3.71. The van der Waals surface area contributed by atoms with Crippen LogP contribution in [0.5, 0.6) is 0 Å². The van der Waals surface area contributed by atoms with E-state index in [0.29, 0.717) is 5.82 Å². The average Bonchev–Trinajstić information content (AvgIpc) is 2.14. The summed E-state index contributed by atoms with van der Waals surface area (Å²) >= 11 is 3.40.